The highest BCUT2D eigenvalue weighted by Crippen LogP contribution is 2.19. The minimum atomic E-state index is -0.703. The van der Waals surface area contributed by atoms with Crippen LogP contribution < -0.4 is 0 Å². The molecule has 2 heterocycles. The molecule has 0 aromatic heterocycles. The Morgan fingerprint density at radius 2 is 1.95 bits per heavy atom. The second-order valence-corrected chi connectivity index (χ2v) is 6.46. The first kappa shape index (κ1) is 15.6. The van der Waals surface area contributed by atoms with E-state index in [4.69, 9.17) is 4.74 Å². The van der Waals surface area contributed by atoms with Gasteiger partial charge in [-0.25, -0.2) is 4.79 Å². The molecule has 2 aliphatic rings. The van der Waals surface area contributed by atoms with E-state index in [2.05, 4.69) is 4.90 Å². The molecule has 2 aliphatic heterocycles. The quantitative estimate of drug-likeness (QED) is 0.574. The average Bonchev–Trinajstić information content (AvgIpc) is 2.83. The largest absolute Gasteiger partial charge is 0.459 e. The van der Waals surface area contributed by atoms with Crippen molar-refractivity contribution in [3.05, 3.63) is 0 Å². The Labute approximate surface area is 125 Å². The molecule has 6 heteroatoms. The molecule has 0 aromatic carbocycles. The fraction of sp³-hybridized carbons (Fsp3) is 0.857. The summed E-state index contributed by atoms with van der Waals surface area (Å²) < 4.78 is 4.87. The summed E-state index contributed by atoms with van der Waals surface area (Å²) in [7, 11) is 0. The monoisotopic (exact) mass is 300 g/mol. The van der Waals surface area contributed by atoms with Crippen molar-refractivity contribution in [1.82, 2.24) is 9.80 Å². The zero-order chi connectivity index (χ0) is 14.4. The van der Waals surface area contributed by atoms with Crippen molar-refractivity contribution in [1.29, 1.82) is 0 Å². The maximum absolute atomic E-state index is 12.2. The first-order chi connectivity index (χ1) is 9.72. The van der Waals surface area contributed by atoms with Crippen LogP contribution in [0.3, 0.4) is 0 Å². The van der Waals surface area contributed by atoms with Gasteiger partial charge in [-0.1, -0.05) is 0 Å². The predicted octanol–water partition coefficient (Wildman–Crippen LogP) is 0.979. The van der Waals surface area contributed by atoms with Gasteiger partial charge in [0.1, 0.15) is 0 Å². The minimum absolute atomic E-state index is 0.137. The van der Waals surface area contributed by atoms with E-state index >= 15 is 0 Å². The zero-order valence-electron chi connectivity index (χ0n) is 12.2. The summed E-state index contributed by atoms with van der Waals surface area (Å²) in [4.78, 5) is 28.1. The summed E-state index contributed by atoms with van der Waals surface area (Å²) in [5.41, 5.74) is 0. The summed E-state index contributed by atoms with van der Waals surface area (Å²) >= 11 is 1.88. The Morgan fingerprint density at radius 3 is 2.65 bits per heavy atom. The first-order valence-corrected chi connectivity index (χ1v) is 8.65. The summed E-state index contributed by atoms with van der Waals surface area (Å²) in [5.74, 6) is 0.814. The van der Waals surface area contributed by atoms with Crippen molar-refractivity contribution in [2.75, 3.05) is 44.3 Å². The van der Waals surface area contributed by atoms with E-state index in [0.717, 1.165) is 37.6 Å². The molecule has 0 bridgehead atoms. The van der Waals surface area contributed by atoms with Gasteiger partial charge in [-0.05, 0) is 45.0 Å². The van der Waals surface area contributed by atoms with E-state index in [1.807, 2.05) is 11.8 Å². The third-order valence-corrected chi connectivity index (χ3v) is 5.02. The van der Waals surface area contributed by atoms with Crippen LogP contribution in [0.25, 0.3) is 0 Å². The fourth-order valence-corrected chi connectivity index (χ4v) is 3.88. The Morgan fingerprint density at radius 1 is 1.20 bits per heavy atom. The molecule has 2 saturated heterocycles. The van der Waals surface area contributed by atoms with Crippen molar-refractivity contribution >= 4 is 23.6 Å². The van der Waals surface area contributed by atoms with Gasteiger partial charge in [0.15, 0.2) is 0 Å². The Bertz CT molecular complexity index is 345. The van der Waals surface area contributed by atoms with Gasteiger partial charge in [0.05, 0.1) is 12.6 Å². The van der Waals surface area contributed by atoms with Gasteiger partial charge in [-0.2, -0.15) is 11.8 Å². The molecule has 0 aromatic rings. The molecular weight excluding hydrogens is 276 g/mol. The average molecular weight is 300 g/mol. The van der Waals surface area contributed by atoms with Crippen LogP contribution in [-0.4, -0.2) is 72.0 Å². The van der Waals surface area contributed by atoms with E-state index in [9.17, 15) is 9.59 Å². The standard InChI is InChI=1S/C14H24N2O3S/c1-2-19-14(18)13(17)16-8-5-9-20-11-12(16)10-15-6-3-4-7-15/h12H,2-11H2,1H3. The number of carbonyl (C=O) groups is 2. The highest BCUT2D eigenvalue weighted by atomic mass is 32.2. The van der Waals surface area contributed by atoms with Gasteiger partial charge in [-0.3, -0.25) is 4.79 Å². The summed E-state index contributed by atoms with van der Waals surface area (Å²) in [5, 5.41) is 0. The lowest BCUT2D eigenvalue weighted by atomic mass is 10.2. The molecule has 0 N–H and O–H groups in total. The van der Waals surface area contributed by atoms with Gasteiger partial charge >= 0.3 is 11.9 Å². The molecule has 0 spiro atoms. The number of carbonyl (C=O) groups excluding carboxylic acids is 2. The van der Waals surface area contributed by atoms with Crippen LogP contribution in [-0.2, 0) is 14.3 Å². The molecule has 1 atom stereocenters. The predicted molar refractivity (Wildman–Crippen MR) is 79.8 cm³/mol. The second-order valence-electron chi connectivity index (χ2n) is 5.31. The summed E-state index contributed by atoms with van der Waals surface area (Å²) in [6.07, 6.45) is 3.43. The van der Waals surface area contributed by atoms with Crippen LogP contribution in [0.4, 0.5) is 0 Å². The Balaban J connectivity index is 1.99. The van der Waals surface area contributed by atoms with Crippen molar-refractivity contribution in [2.24, 2.45) is 0 Å². The Hall–Kier alpha value is -0.750. The molecular formula is C14H24N2O3S. The van der Waals surface area contributed by atoms with Crippen molar-refractivity contribution < 1.29 is 14.3 Å². The lowest BCUT2D eigenvalue weighted by Crippen LogP contribution is -2.50. The van der Waals surface area contributed by atoms with E-state index in [1.54, 1.807) is 11.8 Å². The topological polar surface area (TPSA) is 49.9 Å². The minimum Gasteiger partial charge on any atom is -0.459 e. The molecule has 1 unspecified atom stereocenters. The van der Waals surface area contributed by atoms with Gasteiger partial charge in [0, 0.05) is 18.8 Å². The lowest BCUT2D eigenvalue weighted by molar-refractivity contribution is -0.161. The number of hydrogen-bond acceptors (Lipinski definition) is 5. The molecule has 0 saturated carbocycles. The molecule has 5 nitrogen and oxygen atoms in total. The van der Waals surface area contributed by atoms with Gasteiger partial charge < -0.3 is 14.5 Å². The summed E-state index contributed by atoms with van der Waals surface area (Å²) in [6.45, 7) is 5.77. The maximum atomic E-state index is 12.2. The number of likely N-dealkylation sites (tertiary alicyclic amines) is 1. The summed E-state index contributed by atoms with van der Waals surface area (Å²) in [6, 6.07) is 0.137. The number of amides is 1. The molecule has 2 rings (SSSR count). The number of esters is 1. The van der Waals surface area contributed by atoms with Crippen LogP contribution in [0.1, 0.15) is 26.2 Å². The van der Waals surface area contributed by atoms with Crippen molar-refractivity contribution in [3.63, 3.8) is 0 Å². The SMILES string of the molecule is CCOC(=O)C(=O)N1CCCSCC1CN1CCCC1. The second kappa shape index (κ2) is 7.88. The highest BCUT2D eigenvalue weighted by molar-refractivity contribution is 7.99. The fourth-order valence-electron chi connectivity index (χ4n) is 2.82. The number of nitrogens with zero attached hydrogens (tertiary/aromatic N) is 2. The van der Waals surface area contributed by atoms with Gasteiger partial charge in [0.25, 0.3) is 0 Å². The smallest absolute Gasteiger partial charge is 0.397 e. The molecule has 0 aliphatic carbocycles. The van der Waals surface area contributed by atoms with E-state index in [1.165, 1.54) is 12.8 Å². The first-order valence-electron chi connectivity index (χ1n) is 7.50. The molecule has 1 amide bonds. The number of hydrogen-bond donors (Lipinski definition) is 0. The molecule has 0 radical (unpaired) electrons. The third kappa shape index (κ3) is 4.12. The van der Waals surface area contributed by atoms with Gasteiger partial charge in [0.2, 0.25) is 0 Å². The van der Waals surface area contributed by atoms with Crippen LogP contribution >= 0.6 is 11.8 Å². The number of ether oxygens (including phenoxy) is 1. The molecule has 114 valence electrons. The van der Waals surface area contributed by atoms with Crippen LogP contribution in [0, 0.1) is 0 Å². The van der Waals surface area contributed by atoms with Crippen molar-refractivity contribution in [2.45, 2.75) is 32.2 Å². The number of rotatable bonds is 3. The van der Waals surface area contributed by atoms with Crippen LogP contribution in [0.2, 0.25) is 0 Å². The third-order valence-electron chi connectivity index (χ3n) is 3.82. The lowest BCUT2D eigenvalue weighted by Gasteiger charge is -2.31. The van der Waals surface area contributed by atoms with Crippen molar-refractivity contribution in [3.8, 4) is 0 Å². The highest BCUT2D eigenvalue weighted by Gasteiger charge is 2.32. The zero-order valence-corrected chi connectivity index (χ0v) is 13.0. The maximum Gasteiger partial charge on any atom is 0.397 e. The van der Waals surface area contributed by atoms with E-state index < -0.39 is 11.9 Å². The van der Waals surface area contributed by atoms with Crippen LogP contribution in [0.15, 0.2) is 0 Å². The molecule has 20 heavy (non-hydrogen) atoms. The normalized spacial score (nSPS) is 24.4. The van der Waals surface area contributed by atoms with E-state index in [0.29, 0.717) is 6.54 Å². The van der Waals surface area contributed by atoms with E-state index in [-0.39, 0.29) is 12.6 Å². The van der Waals surface area contributed by atoms with Gasteiger partial charge in [-0.15, -0.1) is 0 Å². The number of thioether (sulfide) groups is 1. The Kier molecular flexibility index (Phi) is 6.16. The van der Waals surface area contributed by atoms with Crippen LogP contribution in [0.5, 0.6) is 0 Å². The molecule has 2 fully saturated rings.